The number of hydrogen-bond donors (Lipinski definition) is 1. The van der Waals surface area contributed by atoms with Crippen LogP contribution in [-0.4, -0.2) is 19.8 Å². The van der Waals surface area contributed by atoms with E-state index < -0.39 is 10.0 Å². The first kappa shape index (κ1) is 14.0. The maximum absolute atomic E-state index is 12.4. The summed E-state index contributed by atoms with van der Waals surface area (Å²) in [5, 5.41) is 1.93. The summed E-state index contributed by atoms with van der Waals surface area (Å²) >= 11 is 1.54. The minimum absolute atomic E-state index is 0.276. The van der Waals surface area contributed by atoms with Gasteiger partial charge in [-0.1, -0.05) is 6.07 Å². The summed E-state index contributed by atoms with van der Waals surface area (Å²) in [6, 6.07) is 8.61. The van der Waals surface area contributed by atoms with Gasteiger partial charge in [0.15, 0.2) is 0 Å². The average Bonchev–Trinajstić information content (AvgIpc) is 2.85. The van der Waals surface area contributed by atoms with Crippen LogP contribution in [0.3, 0.4) is 0 Å². The molecule has 0 amide bonds. The Labute approximate surface area is 117 Å². The van der Waals surface area contributed by atoms with E-state index in [0.717, 1.165) is 10.4 Å². The predicted molar refractivity (Wildman–Crippen MR) is 78.6 cm³/mol. The zero-order valence-electron chi connectivity index (χ0n) is 10.8. The molecule has 0 aliphatic carbocycles. The molecule has 1 aromatic heterocycles. The van der Waals surface area contributed by atoms with Crippen LogP contribution in [0.5, 0.6) is 0 Å². The fourth-order valence-electron chi connectivity index (χ4n) is 1.70. The second-order valence-electron chi connectivity index (χ2n) is 4.36. The molecule has 2 N–H and O–H groups in total. The first-order valence-corrected chi connectivity index (χ1v) is 8.08. The van der Waals surface area contributed by atoms with Crippen LogP contribution in [0.25, 0.3) is 0 Å². The molecule has 0 unspecified atom stereocenters. The van der Waals surface area contributed by atoms with Crippen LogP contribution in [0, 0.1) is 6.92 Å². The van der Waals surface area contributed by atoms with E-state index in [1.165, 1.54) is 4.31 Å². The van der Waals surface area contributed by atoms with Crippen molar-refractivity contribution >= 4 is 27.0 Å². The number of rotatable bonds is 4. The van der Waals surface area contributed by atoms with Gasteiger partial charge in [0.25, 0.3) is 0 Å². The number of aryl methyl sites for hydroxylation is 1. The standard InChI is InChI=1S/C13H16N2O2S2/c1-10-8-12(5-6-13(10)14)19(16,17)15(2)9-11-4-3-7-18-11/h3-8H,9,14H2,1-2H3. The zero-order chi connectivity index (χ0) is 14.0. The molecule has 1 aromatic carbocycles. The van der Waals surface area contributed by atoms with Gasteiger partial charge in [0.2, 0.25) is 10.0 Å². The Kier molecular flexibility index (Phi) is 3.93. The first-order valence-electron chi connectivity index (χ1n) is 5.76. The monoisotopic (exact) mass is 296 g/mol. The number of sulfonamides is 1. The fourth-order valence-corrected chi connectivity index (χ4v) is 3.77. The highest BCUT2D eigenvalue weighted by molar-refractivity contribution is 7.89. The molecule has 1 heterocycles. The second-order valence-corrected chi connectivity index (χ2v) is 7.44. The van der Waals surface area contributed by atoms with Gasteiger partial charge >= 0.3 is 0 Å². The molecule has 2 rings (SSSR count). The Bertz CT molecular complexity index is 664. The first-order chi connectivity index (χ1) is 8.91. The van der Waals surface area contributed by atoms with Crippen molar-refractivity contribution < 1.29 is 8.42 Å². The predicted octanol–water partition coefficient (Wildman–Crippen LogP) is 2.46. The highest BCUT2D eigenvalue weighted by Gasteiger charge is 2.21. The lowest BCUT2D eigenvalue weighted by atomic mass is 10.2. The summed E-state index contributed by atoms with van der Waals surface area (Å²) in [6.45, 7) is 2.18. The van der Waals surface area contributed by atoms with Gasteiger partial charge in [-0.2, -0.15) is 4.31 Å². The van der Waals surface area contributed by atoms with Gasteiger partial charge < -0.3 is 5.73 Å². The number of nitrogens with two attached hydrogens (primary N) is 1. The Balaban J connectivity index is 2.28. The molecule has 0 bridgehead atoms. The van der Waals surface area contributed by atoms with Gasteiger partial charge in [-0.25, -0.2) is 8.42 Å². The summed E-state index contributed by atoms with van der Waals surface area (Å²) in [5.74, 6) is 0. The quantitative estimate of drug-likeness (QED) is 0.882. The zero-order valence-corrected chi connectivity index (χ0v) is 12.5. The lowest BCUT2D eigenvalue weighted by Crippen LogP contribution is -2.26. The van der Waals surface area contributed by atoms with Crippen molar-refractivity contribution in [2.45, 2.75) is 18.4 Å². The smallest absolute Gasteiger partial charge is 0.243 e. The normalized spacial score (nSPS) is 11.9. The number of hydrogen-bond acceptors (Lipinski definition) is 4. The summed E-state index contributed by atoms with van der Waals surface area (Å²) in [6.07, 6.45) is 0. The number of benzene rings is 1. The number of anilines is 1. The molecule has 19 heavy (non-hydrogen) atoms. The minimum atomic E-state index is -3.47. The van der Waals surface area contributed by atoms with Crippen LogP contribution in [0.2, 0.25) is 0 Å². The van der Waals surface area contributed by atoms with E-state index in [9.17, 15) is 8.42 Å². The van der Waals surface area contributed by atoms with E-state index in [0.29, 0.717) is 12.2 Å². The number of nitrogen functional groups attached to an aromatic ring is 1. The van der Waals surface area contributed by atoms with E-state index in [2.05, 4.69) is 0 Å². The van der Waals surface area contributed by atoms with Crippen molar-refractivity contribution in [3.05, 3.63) is 46.2 Å². The molecule has 0 atom stereocenters. The topological polar surface area (TPSA) is 63.4 Å². The van der Waals surface area contributed by atoms with E-state index >= 15 is 0 Å². The van der Waals surface area contributed by atoms with E-state index in [1.54, 1.807) is 43.5 Å². The van der Waals surface area contributed by atoms with Crippen LogP contribution < -0.4 is 5.73 Å². The Hall–Kier alpha value is -1.37. The molecule has 6 heteroatoms. The minimum Gasteiger partial charge on any atom is -0.399 e. The van der Waals surface area contributed by atoms with Gasteiger partial charge in [0.05, 0.1) is 4.90 Å². The summed E-state index contributed by atoms with van der Waals surface area (Å²) < 4.78 is 26.2. The molecule has 102 valence electrons. The van der Waals surface area contributed by atoms with Crippen molar-refractivity contribution in [1.29, 1.82) is 0 Å². The summed E-state index contributed by atoms with van der Waals surface area (Å²) in [5.41, 5.74) is 7.08. The summed E-state index contributed by atoms with van der Waals surface area (Å²) in [7, 11) is -1.89. The summed E-state index contributed by atoms with van der Waals surface area (Å²) in [4.78, 5) is 1.29. The van der Waals surface area contributed by atoms with Gasteiger partial charge in [0, 0.05) is 24.2 Å². The van der Waals surface area contributed by atoms with E-state index in [4.69, 9.17) is 5.73 Å². The van der Waals surface area contributed by atoms with Gasteiger partial charge in [0.1, 0.15) is 0 Å². The van der Waals surface area contributed by atoms with Gasteiger partial charge in [-0.15, -0.1) is 11.3 Å². The molecule has 0 saturated carbocycles. The average molecular weight is 296 g/mol. The molecule has 0 fully saturated rings. The molecule has 0 radical (unpaired) electrons. The largest absolute Gasteiger partial charge is 0.399 e. The Morgan fingerprint density at radius 1 is 1.32 bits per heavy atom. The maximum Gasteiger partial charge on any atom is 0.243 e. The molecule has 0 spiro atoms. The lowest BCUT2D eigenvalue weighted by molar-refractivity contribution is 0.469. The van der Waals surface area contributed by atoms with Crippen LogP contribution in [0.15, 0.2) is 40.6 Å². The molecule has 4 nitrogen and oxygen atoms in total. The Morgan fingerprint density at radius 3 is 2.63 bits per heavy atom. The van der Waals surface area contributed by atoms with Crippen LogP contribution >= 0.6 is 11.3 Å². The number of nitrogens with zero attached hydrogens (tertiary/aromatic N) is 1. The van der Waals surface area contributed by atoms with E-state index in [1.807, 2.05) is 17.5 Å². The second kappa shape index (κ2) is 5.32. The maximum atomic E-state index is 12.4. The number of thiophene rings is 1. The Morgan fingerprint density at radius 2 is 2.05 bits per heavy atom. The molecular weight excluding hydrogens is 280 g/mol. The lowest BCUT2D eigenvalue weighted by Gasteiger charge is -2.17. The highest BCUT2D eigenvalue weighted by Crippen LogP contribution is 2.22. The molecule has 0 aliphatic heterocycles. The SMILES string of the molecule is Cc1cc(S(=O)(=O)N(C)Cc2cccs2)ccc1N. The van der Waals surface area contributed by atoms with Crippen molar-refractivity contribution in [3.8, 4) is 0 Å². The molecule has 0 saturated heterocycles. The van der Waals surface area contributed by atoms with Crippen LogP contribution in [-0.2, 0) is 16.6 Å². The highest BCUT2D eigenvalue weighted by atomic mass is 32.2. The van der Waals surface area contributed by atoms with Crippen molar-refractivity contribution in [3.63, 3.8) is 0 Å². The third kappa shape index (κ3) is 2.97. The van der Waals surface area contributed by atoms with Crippen LogP contribution in [0.1, 0.15) is 10.4 Å². The molecule has 2 aromatic rings. The fraction of sp³-hybridized carbons (Fsp3) is 0.231. The third-order valence-corrected chi connectivity index (χ3v) is 5.57. The van der Waals surface area contributed by atoms with Gasteiger partial charge in [-0.3, -0.25) is 0 Å². The van der Waals surface area contributed by atoms with Crippen molar-refractivity contribution in [2.75, 3.05) is 12.8 Å². The van der Waals surface area contributed by atoms with Crippen molar-refractivity contribution in [1.82, 2.24) is 4.31 Å². The van der Waals surface area contributed by atoms with E-state index in [-0.39, 0.29) is 4.90 Å². The molecule has 0 aliphatic rings. The van der Waals surface area contributed by atoms with Crippen LogP contribution in [0.4, 0.5) is 5.69 Å². The van der Waals surface area contributed by atoms with Crippen molar-refractivity contribution in [2.24, 2.45) is 0 Å². The van der Waals surface area contributed by atoms with Gasteiger partial charge in [-0.05, 0) is 42.1 Å². The molecular formula is C13H16N2O2S2. The third-order valence-electron chi connectivity index (χ3n) is 2.91.